The highest BCUT2D eigenvalue weighted by Crippen LogP contribution is 2.26. The first-order valence-electron chi connectivity index (χ1n) is 5.19. The van der Waals surface area contributed by atoms with Gasteiger partial charge in [-0.2, -0.15) is 0 Å². The zero-order valence-corrected chi connectivity index (χ0v) is 13.5. The third-order valence-electron chi connectivity index (χ3n) is 2.25. The summed E-state index contributed by atoms with van der Waals surface area (Å²) in [5.41, 5.74) is 5.05. The first kappa shape index (κ1) is 17.0. The van der Waals surface area contributed by atoms with Crippen molar-refractivity contribution >= 4 is 63.6 Å². The smallest absolute Gasteiger partial charge is 0.326 e. The number of carbonyl (C=O) groups excluding carboxylic acids is 2. The van der Waals surface area contributed by atoms with Gasteiger partial charge in [0, 0.05) is 8.59 Å². The summed E-state index contributed by atoms with van der Waals surface area (Å²) < 4.78 is 0.425. The van der Waals surface area contributed by atoms with E-state index in [0.717, 1.165) is 0 Å². The summed E-state index contributed by atoms with van der Waals surface area (Å²) >= 11 is 13.5. The molecule has 4 N–H and O–H groups in total. The van der Waals surface area contributed by atoms with E-state index in [4.69, 9.17) is 34.0 Å². The minimum atomic E-state index is -1.41. The summed E-state index contributed by atoms with van der Waals surface area (Å²) in [6.45, 7) is 0. The normalized spacial score (nSPS) is 11.8. The van der Waals surface area contributed by atoms with Gasteiger partial charge in [0.05, 0.1) is 17.0 Å². The molecule has 20 heavy (non-hydrogen) atoms. The molecule has 0 aliphatic carbocycles. The van der Waals surface area contributed by atoms with Crippen molar-refractivity contribution in [3.63, 3.8) is 0 Å². The van der Waals surface area contributed by atoms with Crippen molar-refractivity contribution in [2.24, 2.45) is 5.73 Å². The highest BCUT2D eigenvalue weighted by atomic mass is 127. The van der Waals surface area contributed by atoms with Crippen LogP contribution >= 0.6 is 45.8 Å². The highest BCUT2D eigenvalue weighted by molar-refractivity contribution is 14.1. The summed E-state index contributed by atoms with van der Waals surface area (Å²) in [6.07, 6.45) is -0.508. The van der Waals surface area contributed by atoms with Gasteiger partial charge in [0.25, 0.3) is 5.91 Å². The largest absolute Gasteiger partial charge is 0.480 e. The van der Waals surface area contributed by atoms with E-state index in [1.807, 2.05) is 22.6 Å². The Balaban J connectivity index is 3.00. The van der Waals surface area contributed by atoms with E-state index in [1.54, 1.807) is 0 Å². The van der Waals surface area contributed by atoms with Gasteiger partial charge in [0.15, 0.2) is 0 Å². The van der Waals surface area contributed by atoms with E-state index < -0.39 is 30.2 Å². The number of nitrogens with two attached hydrogens (primary N) is 1. The van der Waals surface area contributed by atoms with E-state index in [1.165, 1.54) is 12.1 Å². The number of hydrogen-bond donors (Lipinski definition) is 3. The molecule has 0 unspecified atom stereocenters. The lowest BCUT2D eigenvalue weighted by molar-refractivity contribution is -0.140. The number of amides is 2. The first-order chi connectivity index (χ1) is 9.22. The quantitative estimate of drug-likeness (QED) is 0.487. The molecular formula is C11H9Cl2IN2O4. The minimum Gasteiger partial charge on any atom is -0.480 e. The molecule has 1 rings (SSSR count). The summed E-state index contributed by atoms with van der Waals surface area (Å²) in [4.78, 5) is 33.7. The lowest BCUT2D eigenvalue weighted by Crippen LogP contribution is -2.43. The fourth-order valence-electron chi connectivity index (χ4n) is 1.36. The Labute approximate surface area is 137 Å². The molecule has 0 saturated carbocycles. The number of carboxylic acid groups (broad SMARTS) is 1. The van der Waals surface area contributed by atoms with Crippen molar-refractivity contribution in [3.05, 3.63) is 31.3 Å². The van der Waals surface area contributed by atoms with Gasteiger partial charge in [-0.15, -0.1) is 0 Å². The topological polar surface area (TPSA) is 109 Å². The molecule has 1 atom stereocenters. The molecule has 0 spiro atoms. The Morgan fingerprint density at radius 3 is 2.45 bits per heavy atom. The van der Waals surface area contributed by atoms with Crippen LogP contribution in [0.2, 0.25) is 10.0 Å². The number of halogens is 3. The number of carboxylic acids is 1. The van der Waals surface area contributed by atoms with Crippen molar-refractivity contribution in [2.75, 3.05) is 0 Å². The van der Waals surface area contributed by atoms with E-state index in [-0.39, 0.29) is 15.6 Å². The molecule has 0 aromatic heterocycles. The summed E-state index contributed by atoms with van der Waals surface area (Å²) in [7, 11) is 0. The predicted octanol–water partition coefficient (Wildman–Crippen LogP) is 1.66. The maximum Gasteiger partial charge on any atom is 0.326 e. The lowest BCUT2D eigenvalue weighted by atomic mass is 10.1. The van der Waals surface area contributed by atoms with Crippen LogP contribution in [0.15, 0.2) is 12.1 Å². The molecule has 0 bridgehead atoms. The van der Waals surface area contributed by atoms with E-state index in [2.05, 4.69) is 5.32 Å². The van der Waals surface area contributed by atoms with Crippen molar-refractivity contribution in [2.45, 2.75) is 12.5 Å². The number of rotatable bonds is 5. The van der Waals surface area contributed by atoms with Gasteiger partial charge < -0.3 is 16.2 Å². The molecule has 6 nitrogen and oxygen atoms in total. The van der Waals surface area contributed by atoms with Crippen LogP contribution in [0.3, 0.4) is 0 Å². The van der Waals surface area contributed by atoms with Crippen LogP contribution in [0.25, 0.3) is 0 Å². The number of hydrogen-bond acceptors (Lipinski definition) is 3. The Bertz CT molecular complexity index is 580. The van der Waals surface area contributed by atoms with Crippen LogP contribution < -0.4 is 11.1 Å². The van der Waals surface area contributed by atoms with Crippen LogP contribution in [0.5, 0.6) is 0 Å². The first-order valence-corrected chi connectivity index (χ1v) is 7.02. The molecule has 0 aliphatic rings. The molecule has 0 saturated heterocycles. The number of carbonyl (C=O) groups is 3. The van der Waals surface area contributed by atoms with Crippen LogP contribution in [0.1, 0.15) is 16.8 Å². The van der Waals surface area contributed by atoms with Gasteiger partial charge in [0.2, 0.25) is 5.91 Å². The van der Waals surface area contributed by atoms with Crippen LogP contribution in [-0.2, 0) is 9.59 Å². The fourth-order valence-corrected chi connectivity index (χ4v) is 2.41. The van der Waals surface area contributed by atoms with E-state index in [0.29, 0.717) is 3.57 Å². The molecular weight excluding hydrogens is 422 g/mol. The average molecular weight is 431 g/mol. The molecule has 0 radical (unpaired) electrons. The van der Waals surface area contributed by atoms with Crippen LogP contribution in [0.4, 0.5) is 0 Å². The standard InChI is InChI=1S/C11H9Cl2IN2O4/c12-4-1-5(9(14)6(13)2-4)10(18)16-7(11(19)20)3-8(15)17/h1-2,7H,3H2,(H2,15,17)(H,16,18)(H,19,20)/t7-/m0/s1. The summed E-state index contributed by atoms with van der Waals surface area (Å²) in [5, 5.41) is 11.6. The number of primary amides is 1. The fraction of sp³-hybridized carbons (Fsp3) is 0.182. The second kappa shape index (κ2) is 7.09. The zero-order chi connectivity index (χ0) is 15.4. The third kappa shape index (κ3) is 4.50. The second-order valence-electron chi connectivity index (χ2n) is 3.78. The maximum atomic E-state index is 12.0. The third-order valence-corrected chi connectivity index (χ3v) is 4.24. The minimum absolute atomic E-state index is 0.124. The average Bonchev–Trinajstić information content (AvgIpc) is 2.32. The molecule has 0 fully saturated rings. The summed E-state index contributed by atoms with van der Waals surface area (Å²) in [5.74, 6) is -2.90. The molecule has 0 heterocycles. The van der Waals surface area contributed by atoms with Gasteiger partial charge in [-0.05, 0) is 34.7 Å². The Morgan fingerprint density at radius 2 is 1.95 bits per heavy atom. The molecule has 1 aromatic rings. The number of aliphatic carboxylic acids is 1. The number of benzene rings is 1. The Hall–Kier alpha value is -1.06. The van der Waals surface area contributed by atoms with Crippen molar-refractivity contribution < 1.29 is 19.5 Å². The monoisotopic (exact) mass is 430 g/mol. The van der Waals surface area contributed by atoms with Crippen LogP contribution in [-0.4, -0.2) is 28.9 Å². The molecule has 1 aromatic carbocycles. The predicted molar refractivity (Wildman–Crippen MR) is 81.9 cm³/mol. The molecule has 9 heteroatoms. The molecule has 108 valence electrons. The Morgan fingerprint density at radius 1 is 1.35 bits per heavy atom. The van der Waals surface area contributed by atoms with Gasteiger partial charge in [-0.3, -0.25) is 9.59 Å². The van der Waals surface area contributed by atoms with E-state index in [9.17, 15) is 14.4 Å². The van der Waals surface area contributed by atoms with Gasteiger partial charge in [-0.25, -0.2) is 4.79 Å². The van der Waals surface area contributed by atoms with Crippen molar-refractivity contribution in [1.82, 2.24) is 5.32 Å². The van der Waals surface area contributed by atoms with Crippen LogP contribution in [0, 0.1) is 3.57 Å². The SMILES string of the molecule is NC(=O)C[C@H](NC(=O)c1cc(Cl)cc(Cl)c1I)C(=O)O. The second-order valence-corrected chi connectivity index (χ2v) is 5.71. The molecule has 0 aliphatic heterocycles. The van der Waals surface area contributed by atoms with E-state index >= 15 is 0 Å². The van der Waals surface area contributed by atoms with Crippen molar-refractivity contribution in [3.8, 4) is 0 Å². The summed E-state index contributed by atoms with van der Waals surface area (Å²) in [6, 6.07) is 1.40. The number of nitrogens with one attached hydrogen (secondary N) is 1. The van der Waals surface area contributed by atoms with Crippen molar-refractivity contribution in [1.29, 1.82) is 0 Å². The molecule has 2 amide bonds. The zero-order valence-electron chi connectivity index (χ0n) is 9.82. The highest BCUT2D eigenvalue weighted by Gasteiger charge is 2.24. The van der Waals surface area contributed by atoms with Gasteiger partial charge >= 0.3 is 5.97 Å². The Kier molecular flexibility index (Phi) is 6.03. The van der Waals surface area contributed by atoms with Gasteiger partial charge in [0.1, 0.15) is 6.04 Å². The van der Waals surface area contributed by atoms with Gasteiger partial charge in [-0.1, -0.05) is 23.2 Å². The lowest BCUT2D eigenvalue weighted by Gasteiger charge is -2.14. The maximum absolute atomic E-state index is 12.0.